The van der Waals surface area contributed by atoms with Crippen LogP contribution in [0, 0.1) is 5.82 Å². The van der Waals surface area contributed by atoms with Crippen molar-refractivity contribution < 1.29 is 9.13 Å². The van der Waals surface area contributed by atoms with Crippen LogP contribution in [0.5, 0.6) is 0 Å². The van der Waals surface area contributed by atoms with E-state index < -0.39 is 0 Å². The summed E-state index contributed by atoms with van der Waals surface area (Å²) in [4.78, 5) is 0. The van der Waals surface area contributed by atoms with Crippen molar-refractivity contribution in [3.8, 4) is 0 Å². The van der Waals surface area contributed by atoms with Crippen LogP contribution in [-0.4, -0.2) is 0 Å². The maximum Gasteiger partial charge on any atom is 0.123 e. The summed E-state index contributed by atoms with van der Waals surface area (Å²) in [7, 11) is 0. The first-order valence-electron chi connectivity index (χ1n) is 7.37. The van der Waals surface area contributed by atoms with Crippen molar-refractivity contribution in [3.63, 3.8) is 0 Å². The summed E-state index contributed by atoms with van der Waals surface area (Å²) in [6, 6.07) is 25.0. The van der Waals surface area contributed by atoms with Crippen LogP contribution in [0.3, 0.4) is 0 Å². The maximum absolute atomic E-state index is 13.2. The molecule has 0 saturated heterocycles. The third kappa shape index (κ3) is 2.22. The molecule has 0 spiro atoms. The van der Waals surface area contributed by atoms with Gasteiger partial charge in [-0.3, -0.25) is 0 Å². The van der Waals surface area contributed by atoms with Gasteiger partial charge in [-0.05, 0) is 34.4 Å². The van der Waals surface area contributed by atoms with Gasteiger partial charge in [0.2, 0.25) is 0 Å². The van der Waals surface area contributed by atoms with E-state index in [0.717, 1.165) is 16.7 Å². The summed E-state index contributed by atoms with van der Waals surface area (Å²) in [5.41, 5.74) is 4.46. The van der Waals surface area contributed by atoms with Gasteiger partial charge in [0.25, 0.3) is 0 Å². The van der Waals surface area contributed by atoms with Gasteiger partial charge in [0.15, 0.2) is 0 Å². The highest BCUT2D eigenvalue weighted by atomic mass is 19.1. The number of rotatable bonds is 2. The number of hydrogen-bond acceptors (Lipinski definition) is 1. The standard InChI is InChI=1S/C20H15FO/c21-16-12-10-15(11-13-16)20-18-9-5-4-8-17(18)19(22-20)14-6-2-1-3-7-14/h1-13,19-20H. The highest BCUT2D eigenvalue weighted by Gasteiger charge is 2.33. The predicted molar refractivity (Wildman–Crippen MR) is 84.1 cm³/mol. The molecule has 0 aliphatic carbocycles. The second-order valence-corrected chi connectivity index (χ2v) is 5.49. The van der Waals surface area contributed by atoms with Crippen molar-refractivity contribution in [2.24, 2.45) is 0 Å². The van der Waals surface area contributed by atoms with Gasteiger partial charge in [-0.2, -0.15) is 0 Å². The molecule has 3 aromatic rings. The lowest BCUT2D eigenvalue weighted by Gasteiger charge is -2.15. The van der Waals surface area contributed by atoms with E-state index in [4.69, 9.17) is 4.74 Å². The fraction of sp³-hybridized carbons (Fsp3) is 0.100. The molecular formula is C20H15FO. The molecule has 0 saturated carbocycles. The Balaban J connectivity index is 1.79. The second kappa shape index (κ2) is 5.39. The van der Waals surface area contributed by atoms with Gasteiger partial charge in [0, 0.05) is 0 Å². The molecule has 0 aromatic heterocycles. The number of benzene rings is 3. The lowest BCUT2D eigenvalue weighted by molar-refractivity contribution is 0.0582. The van der Waals surface area contributed by atoms with Gasteiger partial charge in [-0.15, -0.1) is 0 Å². The minimum atomic E-state index is -0.227. The topological polar surface area (TPSA) is 9.23 Å². The quantitative estimate of drug-likeness (QED) is 0.643. The highest BCUT2D eigenvalue weighted by molar-refractivity contribution is 5.44. The van der Waals surface area contributed by atoms with E-state index in [1.807, 2.05) is 30.3 Å². The maximum atomic E-state index is 13.2. The molecule has 4 rings (SSSR count). The zero-order valence-electron chi connectivity index (χ0n) is 11.9. The van der Waals surface area contributed by atoms with Gasteiger partial charge < -0.3 is 4.74 Å². The number of halogens is 1. The van der Waals surface area contributed by atoms with Crippen LogP contribution >= 0.6 is 0 Å². The van der Waals surface area contributed by atoms with Crippen LogP contribution in [0.2, 0.25) is 0 Å². The molecule has 1 aliphatic rings. The molecule has 0 amide bonds. The Kier molecular flexibility index (Phi) is 3.24. The van der Waals surface area contributed by atoms with Crippen molar-refractivity contribution in [2.45, 2.75) is 12.2 Å². The first kappa shape index (κ1) is 13.2. The predicted octanol–water partition coefficient (Wildman–Crippen LogP) is 5.03. The summed E-state index contributed by atoms with van der Waals surface area (Å²) in [6.45, 7) is 0. The average Bonchev–Trinajstić information content (AvgIpc) is 2.96. The Bertz CT molecular complexity index is 780. The summed E-state index contributed by atoms with van der Waals surface area (Å²) >= 11 is 0. The molecular weight excluding hydrogens is 275 g/mol. The molecule has 1 heterocycles. The number of ether oxygens (including phenoxy) is 1. The molecule has 108 valence electrons. The molecule has 1 nitrogen and oxygen atoms in total. The Hall–Kier alpha value is -2.45. The van der Waals surface area contributed by atoms with Gasteiger partial charge in [-0.1, -0.05) is 66.7 Å². The van der Waals surface area contributed by atoms with Gasteiger partial charge in [0.1, 0.15) is 18.0 Å². The van der Waals surface area contributed by atoms with Crippen LogP contribution in [0.15, 0.2) is 78.9 Å². The van der Waals surface area contributed by atoms with Gasteiger partial charge in [0.05, 0.1) is 0 Å². The molecule has 22 heavy (non-hydrogen) atoms. The number of fused-ring (bicyclic) bond motifs is 1. The van der Waals surface area contributed by atoms with Crippen LogP contribution in [0.4, 0.5) is 4.39 Å². The minimum absolute atomic E-state index is 0.0764. The van der Waals surface area contributed by atoms with Crippen LogP contribution < -0.4 is 0 Å². The molecule has 0 N–H and O–H groups in total. The fourth-order valence-corrected chi connectivity index (χ4v) is 3.05. The smallest absolute Gasteiger partial charge is 0.123 e. The van der Waals surface area contributed by atoms with Gasteiger partial charge in [-0.25, -0.2) is 4.39 Å². The summed E-state index contributed by atoms with van der Waals surface area (Å²) in [5, 5.41) is 0. The zero-order chi connectivity index (χ0) is 14.9. The molecule has 2 heteroatoms. The van der Waals surface area contributed by atoms with E-state index in [1.165, 1.54) is 17.7 Å². The third-order valence-corrected chi connectivity index (χ3v) is 4.11. The molecule has 2 atom stereocenters. The van der Waals surface area contributed by atoms with E-state index in [-0.39, 0.29) is 18.0 Å². The van der Waals surface area contributed by atoms with Crippen LogP contribution in [0.25, 0.3) is 0 Å². The Labute approximate surface area is 129 Å². The van der Waals surface area contributed by atoms with E-state index in [2.05, 4.69) is 24.3 Å². The third-order valence-electron chi connectivity index (χ3n) is 4.11. The minimum Gasteiger partial charge on any atom is -0.356 e. The van der Waals surface area contributed by atoms with E-state index in [0.29, 0.717) is 0 Å². The Morgan fingerprint density at radius 1 is 0.591 bits per heavy atom. The molecule has 1 aliphatic heterocycles. The van der Waals surface area contributed by atoms with E-state index >= 15 is 0 Å². The van der Waals surface area contributed by atoms with Crippen LogP contribution in [-0.2, 0) is 4.74 Å². The molecule has 3 aromatic carbocycles. The second-order valence-electron chi connectivity index (χ2n) is 5.49. The molecule has 0 fully saturated rings. The lowest BCUT2D eigenvalue weighted by Crippen LogP contribution is -2.02. The highest BCUT2D eigenvalue weighted by Crippen LogP contribution is 2.45. The van der Waals surface area contributed by atoms with E-state index in [9.17, 15) is 4.39 Å². The Morgan fingerprint density at radius 2 is 1.09 bits per heavy atom. The van der Waals surface area contributed by atoms with Crippen molar-refractivity contribution in [1.82, 2.24) is 0 Å². The fourth-order valence-electron chi connectivity index (χ4n) is 3.05. The average molecular weight is 290 g/mol. The zero-order valence-corrected chi connectivity index (χ0v) is 11.9. The largest absolute Gasteiger partial charge is 0.356 e. The summed E-state index contributed by atoms with van der Waals surface area (Å²) in [5.74, 6) is -0.227. The normalized spacial score (nSPS) is 19.9. The lowest BCUT2D eigenvalue weighted by atomic mass is 9.95. The van der Waals surface area contributed by atoms with Crippen molar-refractivity contribution in [2.75, 3.05) is 0 Å². The van der Waals surface area contributed by atoms with Crippen molar-refractivity contribution in [3.05, 3.63) is 107 Å². The van der Waals surface area contributed by atoms with Crippen molar-refractivity contribution >= 4 is 0 Å². The molecule has 2 unspecified atom stereocenters. The van der Waals surface area contributed by atoms with Crippen molar-refractivity contribution in [1.29, 1.82) is 0 Å². The van der Waals surface area contributed by atoms with E-state index in [1.54, 1.807) is 12.1 Å². The molecule has 0 radical (unpaired) electrons. The molecule has 0 bridgehead atoms. The van der Waals surface area contributed by atoms with Crippen LogP contribution in [0.1, 0.15) is 34.5 Å². The Morgan fingerprint density at radius 3 is 1.68 bits per heavy atom. The summed E-state index contributed by atoms with van der Waals surface area (Å²) in [6.07, 6.45) is -0.227. The number of hydrogen-bond donors (Lipinski definition) is 0. The monoisotopic (exact) mass is 290 g/mol. The first-order valence-corrected chi connectivity index (χ1v) is 7.37. The first-order chi connectivity index (χ1) is 10.8. The SMILES string of the molecule is Fc1ccc(C2OC(c3ccccc3)c3ccccc32)cc1. The van der Waals surface area contributed by atoms with Gasteiger partial charge >= 0.3 is 0 Å². The summed E-state index contributed by atoms with van der Waals surface area (Å²) < 4.78 is 19.5.